The number of aromatic nitrogens is 1. The van der Waals surface area contributed by atoms with Crippen molar-refractivity contribution in [3.8, 4) is 5.75 Å². The molecule has 1 amide bonds. The molecule has 6 nitrogen and oxygen atoms in total. The maximum Gasteiger partial charge on any atom is 0.253 e. The Morgan fingerprint density at radius 1 is 1.28 bits per heavy atom. The first-order chi connectivity index (χ1) is 13.9. The van der Waals surface area contributed by atoms with Crippen LogP contribution in [0.5, 0.6) is 5.75 Å². The molecule has 3 rings (SSSR count). The van der Waals surface area contributed by atoms with Crippen LogP contribution >= 0.6 is 0 Å². The molecule has 2 atom stereocenters. The van der Waals surface area contributed by atoms with E-state index in [4.69, 9.17) is 14.2 Å². The molecule has 1 saturated heterocycles. The molecule has 7 heteroatoms. The standard InChI is InChI=1S/C14H20N2O3.C8H9FO/c1-10-3-6-13(19-10)14(17)16-12-5-4-11(15-9-12)7-8-18-2;1-6-7(9)4-3-5-8(6)10-2/h4-5,9-10,13H,3,6-8H2,1-2H3,(H,16,17);3-5H,1-2H3. The molecule has 29 heavy (non-hydrogen) atoms. The number of ether oxygens (including phenoxy) is 3. The summed E-state index contributed by atoms with van der Waals surface area (Å²) in [5.41, 5.74) is 2.21. The average Bonchev–Trinajstić information content (AvgIpc) is 3.16. The topological polar surface area (TPSA) is 69.7 Å². The van der Waals surface area contributed by atoms with Gasteiger partial charge in [0.25, 0.3) is 5.91 Å². The van der Waals surface area contributed by atoms with Crippen molar-refractivity contribution in [1.29, 1.82) is 0 Å². The number of benzene rings is 1. The Labute approximate surface area is 171 Å². The molecule has 2 heterocycles. The maximum absolute atomic E-state index is 12.7. The van der Waals surface area contributed by atoms with Crippen LogP contribution in [0.2, 0.25) is 0 Å². The molecule has 1 aliphatic rings. The first-order valence-corrected chi connectivity index (χ1v) is 9.64. The van der Waals surface area contributed by atoms with E-state index in [1.165, 1.54) is 13.2 Å². The second-order valence-corrected chi connectivity index (χ2v) is 6.85. The average molecular weight is 404 g/mol. The number of nitrogens with zero attached hydrogens (tertiary/aromatic N) is 1. The Morgan fingerprint density at radius 3 is 2.62 bits per heavy atom. The van der Waals surface area contributed by atoms with Crippen LogP contribution in [0, 0.1) is 12.7 Å². The highest BCUT2D eigenvalue weighted by atomic mass is 19.1. The zero-order valence-electron chi connectivity index (χ0n) is 17.4. The quantitative estimate of drug-likeness (QED) is 0.790. The van der Waals surface area contributed by atoms with Gasteiger partial charge in [0, 0.05) is 24.8 Å². The highest BCUT2D eigenvalue weighted by Gasteiger charge is 2.28. The van der Waals surface area contributed by atoms with Gasteiger partial charge in [-0.3, -0.25) is 9.78 Å². The summed E-state index contributed by atoms with van der Waals surface area (Å²) < 4.78 is 28.1. The molecule has 1 aromatic heterocycles. The number of rotatable bonds is 6. The van der Waals surface area contributed by atoms with Crippen molar-refractivity contribution in [2.45, 2.75) is 45.3 Å². The van der Waals surface area contributed by atoms with Gasteiger partial charge >= 0.3 is 0 Å². The monoisotopic (exact) mass is 404 g/mol. The Hall–Kier alpha value is -2.51. The van der Waals surface area contributed by atoms with Crippen LogP contribution in [0.1, 0.15) is 31.0 Å². The first-order valence-electron chi connectivity index (χ1n) is 9.64. The second kappa shape index (κ2) is 11.5. The van der Waals surface area contributed by atoms with Gasteiger partial charge in [0.05, 0.1) is 31.7 Å². The Bertz CT molecular complexity index is 783. The van der Waals surface area contributed by atoms with E-state index in [0.717, 1.165) is 25.0 Å². The predicted octanol–water partition coefficient (Wildman–Crippen LogP) is 3.92. The number of anilines is 1. The lowest BCUT2D eigenvalue weighted by atomic mass is 10.2. The summed E-state index contributed by atoms with van der Waals surface area (Å²) in [6.45, 7) is 4.32. The van der Waals surface area contributed by atoms with Crippen molar-refractivity contribution in [3.63, 3.8) is 0 Å². The van der Waals surface area contributed by atoms with E-state index >= 15 is 0 Å². The van der Waals surface area contributed by atoms with Gasteiger partial charge in [-0.05, 0) is 51.0 Å². The van der Waals surface area contributed by atoms with Gasteiger partial charge in [-0.25, -0.2) is 4.39 Å². The number of hydrogen-bond donors (Lipinski definition) is 1. The lowest BCUT2D eigenvalue weighted by molar-refractivity contribution is -0.126. The van der Waals surface area contributed by atoms with E-state index < -0.39 is 0 Å². The molecule has 0 spiro atoms. The molecule has 2 aromatic rings. The smallest absolute Gasteiger partial charge is 0.253 e. The first kappa shape index (κ1) is 22.8. The van der Waals surface area contributed by atoms with Crippen LogP contribution in [0.25, 0.3) is 0 Å². The fourth-order valence-corrected chi connectivity index (χ4v) is 2.88. The van der Waals surface area contributed by atoms with Gasteiger partial charge in [0.1, 0.15) is 17.7 Å². The molecule has 0 radical (unpaired) electrons. The minimum absolute atomic E-state index is 0.0872. The van der Waals surface area contributed by atoms with Crippen LogP contribution in [-0.2, 0) is 20.7 Å². The van der Waals surface area contributed by atoms with E-state index in [2.05, 4.69) is 10.3 Å². The maximum atomic E-state index is 12.7. The third-order valence-corrected chi connectivity index (χ3v) is 4.62. The van der Waals surface area contributed by atoms with Crippen LogP contribution in [0.3, 0.4) is 0 Å². The minimum atomic E-state index is -0.330. The van der Waals surface area contributed by atoms with E-state index in [-0.39, 0.29) is 23.9 Å². The number of hydrogen-bond acceptors (Lipinski definition) is 5. The number of amides is 1. The van der Waals surface area contributed by atoms with Crippen molar-refractivity contribution in [3.05, 3.63) is 53.6 Å². The fourth-order valence-electron chi connectivity index (χ4n) is 2.88. The van der Waals surface area contributed by atoms with Crippen molar-refractivity contribution in [2.24, 2.45) is 0 Å². The third-order valence-electron chi connectivity index (χ3n) is 4.62. The highest BCUT2D eigenvalue weighted by Crippen LogP contribution is 2.20. The van der Waals surface area contributed by atoms with Crippen molar-refractivity contribution >= 4 is 11.6 Å². The van der Waals surface area contributed by atoms with Crippen LogP contribution in [0.15, 0.2) is 36.5 Å². The van der Waals surface area contributed by atoms with Crippen molar-refractivity contribution < 1.29 is 23.4 Å². The largest absolute Gasteiger partial charge is 0.496 e. The van der Waals surface area contributed by atoms with E-state index in [1.807, 2.05) is 19.1 Å². The molecule has 1 fully saturated rings. The number of nitrogens with one attached hydrogen (secondary N) is 1. The van der Waals surface area contributed by atoms with Gasteiger partial charge in [-0.1, -0.05) is 6.07 Å². The molecule has 1 aliphatic heterocycles. The summed E-state index contributed by atoms with van der Waals surface area (Å²) in [5, 5.41) is 2.83. The molecule has 0 aliphatic carbocycles. The number of pyridine rings is 1. The van der Waals surface area contributed by atoms with Gasteiger partial charge in [0.15, 0.2) is 0 Å². The molecule has 158 valence electrons. The predicted molar refractivity (Wildman–Crippen MR) is 110 cm³/mol. The second-order valence-electron chi connectivity index (χ2n) is 6.85. The summed E-state index contributed by atoms with van der Waals surface area (Å²) in [7, 11) is 3.19. The Balaban J connectivity index is 0.000000253. The van der Waals surface area contributed by atoms with Gasteiger partial charge in [0.2, 0.25) is 0 Å². The third kappa shape index (κ3) is 7.11. The molecular weight excluding hydrogens is 375 g/mol. The van der Waals surface area contributed by atoms with Gasteiger partial charge in [-0.15, -0.1) is 0 Å². The van der Waals surface area contributed by atoms with Crippen LogP contribution in [0.4, 0.5) is 10.1 Å². The van der Waals surface area contributed by atoms with E-state index in [0.29, 0.717) is 23.6 Å². The Morgan fingerprint density at radius 2 is 2.07 bits per heavy atom. The van der Waals surface area contributed by atoms with Crippen LogP contribution < -0.4 is 10.1 Å². The SMILES string of the molecule is COCCc1ccc(NC(=O)C2CCC(C)O2)cn1.COc1cccc(F)c1C. The normalized spacial score (nSPS) is 18.0. The highest BCUT2D eigenvalue weighted by molar-refractivity contribution is 5.94. The lowest BCUT2D eigenvalue weighted by Gasteiger charge is -2.11. The summed E-state index contributed by atoms with van der Waals surface area (Å²) in [6.07, 6.45) is 4.00. The summed E-state index contributed by atoms with van der Waals surface area (Å²) in [6, 6.07) is 8.53. The summed E-state index contributed by atoms with van der Waals surface area (Å²) in [5.74, 6) is 0.287. The van der Waals surface area contributed by atoms with Gasteiger partial charge in [-0.2, -0.15) is 0 Å². The molecule has 2 unspecified atom stereocenters. The minimum Gasteiger partial charge on any atom is -0.496 e. The number of carbonyl (C=O) groups excluding carboxylic acids is 1. The zero-order valence-corrected chi connectivity index (χ0v) is 17.4. The number of methoxy groups -OCH3 is 2. The number of carbonyl (C=O) groups is 1. The fraction of sp³-hybridized carbons (Fsp3) is 0.455. The summed E-state index contributed by atoms with van der Waals surface area (Å²) in [4.78, 5) is 16.2. The molecular formula is C22H29FN2O4. The zero-order chi connectivity index (χ0) is 21.2. The Kier molecular flexibility index (Phi) is 9.02. The molecule has 1 aromatic carbocycles. The van der Waals surface area contributed by atoms with E-state index in [9.17, 15) is 9.18 Å². The van der Waals surface area contributed by atoms with E-state index in [1.54, 1.807) is 32.4 Å². The molecule has 0 saturated carbocycles. The lowest BCUT2D eigenvalue weighted by Crippen LogP contribution is -2.27. The van der Waals surface area contributed by atoms with Crippen LogP contribution in [-0.4, -0.2) is 43.9 Å². The van der Waals surface area contributed by atoms with Gasteiger partial charge < -0.3 is 19.5 Å². The molecule has 1 N–H and O–H groups in total. The summed E-state index contributed by atoms with van der Waals surface area (Å²) >= 11 is 0. The molecule has 0 bridgehead atoms. The van der Waals surface area contributed by atoms with Crippen molar-refractivity contribution in [1.82, 2.24) is 4.98 Å². The van der Waals surface area contributed by atoms with Crippen molar-refractivity contribution in [2.75, 3.05) is 26.1 Å². The number of halogens is 1.